The predicted octanol–water partition coefficient (Wildman–Crippen LogP) is 4.82. The zero-order valence-electron chi connectivity index (χ0n) is 11.8. The highest BCUT2D eigenvalue weighted by molar-refractivity contribution is 9.10. The summed E-state index contributed by atoms with van der Waals surface area (Å²) in [5.41, 5.74) is 7.99. The molecule has 1 atom stereocenters. The average molecular weight is 328 g/mol. The minimum atomic E-state index is -0.211. The number of hydrogen-bond acceptors (Lipinski definition) is 1. The number of hydrogen-bond donors (Lipinski definition) is 1. The van der Waals surface area contributed by atoms with Gasteiger partial charge in [-0.05, 0) is 71.1 Å². The van der Waals surface area contributed by atoms with Crippen LogP contribution < -0.4 is 5.73 Å². The molecule has 0 saturated heterocycles. The van der Waals surface area contributed by atoms with E-state index in [4.69, 9.17) is 5.73 Å². The van der Waals surface area contributed by atoms with E-state index in [1.54, 1.807) is 0 Å². The van der Waals surface area contributed by atoms with Crippen LogP contribution in [-0.2, 0) is 6.42 Å². The summed E-state index contributed by atoms with van der Waals surface area (Å²) in [6, 6.07) is 5.23. The molecule has 2 rings (SSSR count). The Balaban J connectivity index is 2.10. The van der Waals surface area contributed by atoms with Gasteiger partial charge in [0.1, 0.15) is 5.82 Å². The Labute approximate surface area is 123 Å². The van der Waals surface area contributed by atoms with Crippen molar-refractivity contribution in [2.75, 3.05) is 0 Å². The van der Waals surface area contributed by atoms with E-state index >= 15 is 0 Å². The Bertz CT molecular complexity index is 458. The Kier molecular flexibility index (Phi) is 4.36. The van der Waals surface area contributed by atoms with Gasteiger partial charge in [-0.3, -0.25) is 0 Å². The van der Waals surface area contributed by atoms with Crippen molar-refractivity contribution in [2.45, 2.75) is 57.9 Å². The van der Waals surface area contributed by atoms with E-state index in [9.17, 15) is 4.39 Å². The molecule has 1 aliphatic rings. The van der Waals surface area contributed by atoms with E-state index in [1.165, 1.54) is 25.3 Å². The van der Waals surface area contributed by atoms with Gasteiger partial charge in [-0.15, -0.1) is 0 Å². The third-order valence-corrected chi connectivity index (χ3v) is 4.98. The van der Waals surface area contributed by atoms with Gasteiger partial charge in [-0.25, -0.2) is 4.39 Å². The quantitative estimate of drug-likeness (QED) is 0.774. The molecule has 0 spiro atoms. The highest BCUT2D eigenvalue weighted by Crippen LogP contribution is 2.38. The van der Waals surface area contributed by atoms with E-state index in [0.717, 1.165) is 24.8 Å². The molecule has 1 aromatic carbocycles. The highest BCUT2D eigenvalue weighted by Gasteiger charge is 2.32. The lowest BCUT2D eigenvalue weighted by molar-refractivity contribution is 0.297. The van der Waals surface area contributed by atoms with Gasteiger partial charge in [-0.2, -0.15) is 0 Å². The molecule has 1 unspecified atom stereocenters. The zero-order chi connectivity index (χ0) is 14.1. The standard InChI is InChI=1S/C16H23BrFN/c1-15(2)6-3-7-16(19,9-8-15)11-12-4-5-14(18)13(17)10-12/h4-5,10H,3,6-9,11,19H2,1-2H3. The Morgan fingerprint density at radius 3 is 2.63 bits per heavy atom. The second-order valence-corrected chi connectivity index (χ2v) is 7.66. The van der Waals surface area contributed by atoms with Gasteiger partial charge < -0.3 is 5.73 Å². The van der Waals surface area contributed by atoms with Gasteiger partial charge in [0.2, 0.25) is 0 Å². The van der Waals surface area contributed by atoms with Crippen LogP contribution in [-0.4, -0.2) is 5.54 Å². The minimum Gasteiger partial charge on any atom is -0.325 e. The monoisotopic (exact) mass is 327 g/mol. The van der Waals surface area contributed by atoms with Crippen LogP contribution in [0.25, 0.3) is 0 Å². The maximum atomic E-state index is 13.3. The van der Waals surface area contributed by atoms with Crippen molar-refractivity contribution in [2.24, 2.45) is 11.1 Å². The Hall–Kier alpha value is -0.410. The predicted molar refractivity (Wildman–Crippen MR) is 81.6 cm³/mol. The Morgan fingerprint density at radius 2 is 1.95 bits per heavy atom. The van der Waals surface area contributed by atoms with Crippen LogP contribution in [0.2, 0.25) is 0 Å². The summed E-state index contributed by atoms with van der Waals surface area (Å²) in [7, 11) is 0. The van der Waals surface area contributed by atoms with E-state index in [0.29, 0.717) is 9.89 Å². The molecule has 2 N–H and O–H groups in total. The van der Waals surface area contributed by atoms with Crippen LogP contribution in [0.4, 0.5) is 4.39 Å². The maximum Gasteiger partial charge on any atom is 0.137 e. The first kappa shape index (κ1) is 15.0. The molecular formula is C16H23BrFN. The molecule has 1 saturated carbocycles. The van der Waals surface area contributed by atoms with Gasteiger partial charge in [0.25, 0.3) is 0 Å². The maximum absolute atomic E-state index is 13.3. The van der Waals surface area contributed by atoms with Gasteiger partial charge in [-0.1, -0.05) is 26.3 Å². The summed E-state index contributed by atoms with van der Waals surface area (Å²) in [5.74, 6) is -0.211. The third-order valence-electron chi connectivity index (χ3n) is 4.37. The van der Waals surface area contributed by atoms with Crippen molar-refractivity contribution in [1.82, 2.24) is 0 Å². The molecule has 0 radical (unpaired) electrons. The fourth-order valence-electron chi connectivity index (χ4n) is 2.99. The molecule has 0 heterocycles. The first-order chi connectivity index (χ1) is 8.80. The van der Waals surface area contributed by atoms with E-state index < -0.39 is 0 Å². The van der Waals surface area contributed by atoms with Gasteiger partial charge >= 0.3 is 0 Å². The molecule has 1 aromatic rings. The number of rotatable bonds is 2. The van der Waals surface area contributed by atoms with Crippen LogP contribution in [0, 0.1) is 11.2 Å². The van der Waals surface area contributed by atoms with Crippen molar-refractivity contribution in [3.63, 3.8) is 0 Å². The van der Waals surface area contributed by atoms with Crippen molar-refractivity contribution < 1.29 is 4.39 Å². The lowest BCUT2D eigenvalue weighted by Crippen LogP contribution is -2.41. The van der Waals surface area contributed by atoms with Gasteiger partial charge in [0, 0.05) is 5.54 Å². The Morgan fingerprint density at radius 1 is 1.21 bits per heavy atom. The first-order valence-electron chi connectivity index (χ1n) is 7.03. The summed E-state index contributed by atoms with van der Waals surface area (Å²) in [6.45, 7) is 4.65. The van der Waals surface area contributed by atoms with E-state index in [1.807, 2.05) is 12.1 Å². The molecule has 1 nitrogen and oxygen atoms in total. The number of halogens is 2. The molecular weight excluding hydrogens is 305 g/mol. The van der Waals surface area contributed by atoms with Crippen molar-refractivity contribution in [3.05, 3.63) is 34.1 Å². The van der Waals surface area contributed by atoms with Crippen LogP contribution >= 0.6 is 15.9 Å². The first-order valence-corrected chi connectivity index (χ1v) is 7.82. The zero-order valence-corrected chi connectivity index (χ0v) is 13.4. The molecule has 3 heteroatoms. The molecule has 0 amide bonds. The lowest BCUT2D eigenvalue weighted by Gasteiger charge is -2.29. The average Bonchev–Trinajstić information content (AvgIpc) is 2.44. The minimum absolute atomic E-state index is 0.134. The van der Waals surface area contributed by atoms with Crippen molar-refractivity contribution in [1.29, 1.82) is 0 Å². The highest BCUT2D eigenvalue weighted by atomic mass is 79.9. The lowest BCUT2D eigenvalue weighted by atomic mass is 9.82. The fourth-order valence-corrected chi connectivity index (χ4v) is 3.42. The molecule has 19 heavy (non-hydrogen) atoms. The molecule has 1 fully saturated rings. The topological polar surface area (TPSA) is 26.0 Å². The van der Waals surface area contributed by atoms with E-state index in [-0.39, 0.29) is 11.4 Å². The third kappa shape index (κ3) is 4.03. The second-order valence-electron chi connectivity index (χ2n) is 6.81. The summed E-state index contributed by atoms with van der Waals surface area (Å²) in [4.78, 5) is 0. The summed E-state index contributed by atoms with van der Waals surface area (Å²) >= 11 is 3.25. The van der Waals surface area contributed by atoms with Crippen LogP contribution in [0.5, 0.6) is 0 Å². The smallest absolute Gasteiger partial charge is 0.137 e. The van der Waals surface area contributed by atoms with Crippen LogP contribution in [0.15, 0.2) is 22.7 Å². The van der Waals surface area contributed by atoms with Crippen molar-refractivity contribution in [3.8, 4) is 0 Å². The molecule has 0 aliphatic heterocycles. The van der Waals surface area contributed by atoms with Crippen LogP contribution in [0.3, 0.4) is 0 Å². The molecule has 0 aromatic heterocycles. The number of benzene rings is 1. The summed E-state index contributed by atoms with van der Waals surface area (Å²) < 4.78 is 13.8. The molecule has 1 aliphatic carbocycles. The SMILES string of the molecule is CC1(C)CCCC(N)(Cc2ccc(F)c(Br)c2)CC1. The normalized spacial score (nSPS) is 27.0. The largest absolute Gasteiger partial charge is 0.325 e. The number of nitrogens with two attached hydrogens (primary N) is 1. The fraction of sp³-hybridized carbons (Fsp3) is 0.625. The van der Waals surface area contributed by atoms with Crippen LogP contribution in [0.1, 0.15) is 51.5 Å². The van der Waals surface area contributed by atoms with Crippen molar-refractivity contribution >= 4 is 15.9 Å². The van der Waals surface area contributed by atoms with Gasteiger partial charge in [0.15, 0.2) is 0 Å². The summed E-state index contributed by atoms with van der Waals surface area (Å²) in [6.07, 6.45) is 6.55. The molecule has 106 valence electrons. The van der Waals surface area contributed by atoms with E-state index in [2.05, 4.69) is 29.8 Å². The molecule has 0 bridgehead atoms. The second kappa shape index (κ2) is 5.53. The summed E-state index contributed by atoms with van der Waals surface area (Å²) in [5, 5.41) is 0. The van der Waals surface area contributed by atoms with Gasteiger partial charge in [0.05, 0.1) is 4.47 Å².